The second kappa shape index (κ2) is 2.90. The lowest BCUT2D eigenvalue weighted by Crippen LogP contribution is -2.44. The van der Waals surface area contributed by atoms with Crippen LogP contribution in [0.15, 0.2) is 0 Å². The zero-order valence-corrected chi connectivity index (χ0v) is 7.62. The quantitative estimate of drug-likeness (QED) is 0.556. The predicted octanol–water partition coefficient (Wildman–Crippen LogP) is -0.426. The number of hydrogen-bond donors (Lipinski definition) is 2. The van der Waals surface area contributed by atoms with Crippen molar-refractivity contribution in [3.63, 3.8) is 0 Å². The smallest absolute Gasteiger partial charge is 0.0578 e. The normalized spacial score (nSPS) is 18.4. The first-order chi connectivity index (χ1) is 4.31. The molecule has 1 unspecified atom stereocenters. The van der Waals surface area contributed by atoms with Crippen molar-refractivity contribution in [1.29, 1.82) is 0 Å². The summed E-state index contributed by atoms with van der Waals surface area (Å²) in [7, 11) is -0.628. The van der Waals surface area contributed by atoms with Gasteiger partial charge in [0.15, 0.2) is 0 Å². The van der Waals surface area contributed by atoms with Crippen LogP contribution in [0.1, 0.15) is 13.8 Å². The molecule has 0 aliphatic carbocycles. The van der Waals surface area contributed by atoms with Gasteiger partial charge in [-0.3, -0.25) is 9.35 Å². The first-order valence-electron chi connectivity index (χ1n) is 3.10. The van der Waals surface area contributed by atoms with E-state index >= 15 is 0 Å². The molecule has 0 bridgehead atoms. The van der Waals surface area contributed by atoms with Gasteiger partial charge in [-0.25, -0.2) is 0 Å². The van der Waals surface area contributed by atoms with Crippen LogP contribution in [0.4, 0.5) is 0 Å². The second-order valence-corrected chi connectivity index (χ2v) is 5.57. The fraction of sp³-hybridized carbons (Fsp3) is 0.833. The van der Waals surface area contributed by atoms with E-state index in [4.69, 9.17) is 5.14 Å². The third-order valence-corrected chi connectivity index (χ3v) is 3.55. The Labute approximate surface area is 63.1 Å². The molecule has 0 aromatic rings. The molecule has 0 spiro atoms. The molecule has 3 nitrogen and oxygen atoms in total. The van der Waals surface area contributed by atoms with Gasteiger partial charge < -0.3 is 5.32 Å². The Hall–Kier alpha value is -0.0600. The van der Waals surface area contributed by atoms with E-state index < -0.39 is 14.5 Å². The average Bonchev–Trinajstić information content (AvgIpc) is 1.61. The summed E-state index contributed by atoms with van der Waals surface area (Å²) < 4.78 is 10.8. The molecule has 3 N–H and O–H groups in total. The van der Waals surface area contributed by atoms with Gasteiger partial charge in [-0.2, -0.15) is 0 Å². The van der Waals surface area contributed by atoms with Crippen LogP contribution in [0.2, 0.25) is 0 Å². The fourth-order valence-corrected chi connectivity index (χ4v) is 0.937. The number of nitrogens with two attached hydrogens (primary N) is 1. The molecule has 0 aliphatic rings. The third-order valence-electron chi connectivity index (χ3n) is 1.54. The molecule has 0 saturated heterocycles. The van der Waals surface area contributed by atoms with E-state index in [0.29, 0.717) is 6.54 Å². The third kappa shape index (κ3) is 2.28. The van der Waals surface area contributed by atoms with E-state index in [9.17, 15) is 4.21 Å². The molecule has 10 heavy (non-hydrogen) atoms. The van der Waals surface area contributed by atoms with Gasteiger partial charge in [-0.1, -0.05) is 0 Å². The van der Waals surface area contributed by atoms with E-state index in [1.807, 2.05) is 13.8 Å². The highest BCUT2D eigenvalue weighted by molar-refractivity contribution is 7.99. The highest BCUT2D eigenvalue weighted by atomic mass is 32.2. The topological polar surface area (TPSA) is 55.1 Å². The minimum Gasteiger partial charge on any atom is -0.318 e. The number of rotatable bonds is 3. The molecular formula is C6H16N2OS. The van der Waals surface area contributed by atoms with Gasteiger partial charge in [-0.15, -0.1) is 0 Å². The Balaban J connectivity index is 4.42. The monoisotopic (exact) mass is 164 g/mol. The van der Waals surface area contributed by atoms with Crippen LogP contribution in [-0.4, -0.2) is 28.4 Å². The molecule has 0 radical (unpaired) electrons. The van der Waals surface area contributed by atoms with E-state index in [1.54, 1.807) is 7.05 Å². The van der Waals surface area contributed by atoms with Crippen molar-refractivity contribution in [3.05, 3.63) is 0 Å². The summed E-state index contributed by atoms with van der Waals surface area (Å²) in [5.41, 5.74) is 0. The van der Waals surface area contributed by atoms with Gasteiger partial charge in [-0.05, 0) is 26.8 Å². The Morgan fingerprint density at radius 2 is 2.10 bits per heavy atom. The molecule has 0 fully saturated rings. The Bertz CT molecular complexity index is 194. The summed E-state index contributed by atoms with van der Waals surface area (Å²) in [6, 6.07) is 0. The Morgan fingerprint density at radius 3 is 2.20 bits per heavy atom. The van der Waals surface area contributed by atoms with Crippen LogP contribution in [0.3, 0.4) is 0 Å². The van der Waals surface area contributed by atoms with Crippen LogP contribution in [-0.2, 0) is 9.71 Å². The molecule has 0 heterocycles. The maximum atomic E-state index is 11.2. The minimum atomic E-state index is -2.43. The SMILES string of the molecule is C=S(N)(=O)C(C)(C)CNC. The average molecular weight is 164 g/mol. The summed E-state index contributed by atoms with van der Waals surface area (Å²) in [6.45, 7) is 4.28. The molecule has 0 rings (SSSR count). The first-order valence-corrected chi connectivity index (χ1v) is 4.89. The van der Waals surface area contributed by atoms with Crippen molar-refractivity contribution in [2.45, 2.75) is 18.6 Å². The van der Waals surface area contributed by atoms with Gasteiger partial charge >= 0.3 is 0 Å². The predicted molar refractivity (Wildman–Crippen MR) is 47.5 cm³/mol. The van der Waals surface area contributed by atoms with Crippen molar-refractivity contribution in [3.8, 4) is 0 Å². The zero-order chi connectivity index (χ0) is 8.41. The van der Waals surface area contributed by atoms with Crippen molar-refractivity contribution < 1.29 is 4.21 Å². The van der Waals surface area contributed by atoms with Crippen LogP contribution in [0, 0.1) is 0 Å². The Morgan fingerprint density at radius 1 is 1.70 bits per heavy atom. The minimum absolute atomic E-state index is 0.429. The molecule has 0 saturated carbocycles. The van der Waals surface area contributed by atoms with Crippen LogP contribution >= 0.6 is 0 Å². The van der Waals surface area contributed by atoms with Crippen molar-refractivity contribution in [1.82, 2.24) is 5.32 Å². The molecule has 4 heteroatoms. The molecule has 0 aromatic carbocycles. The molecule has 1 atom stereocenters. The van der Waals surface area contributed by atoms with E-state index in [1.165, 1.54) is 0 Å². The molecule has 62 valence electrons. The molecule has 0 aliphatic heterocycles. The van der Waals surface area contributed by atoms with Crippen LogP contribution in [0.25, 0.3) is 0 Å². The number of hydrogen-bond acceptors (Lipinski definition) is 2. The van der Waals surface area contributed by atoms with E-state index in [-0.39, 0.29) is 0 Å². The van der Waals surface area contributed by atoms with Crippen LogP contribution in [0.5, 0.6) is 0 Å². The van der Waals surface area contributed by atoms with Gasteiger partial charge in [0.25, 0.3) is 0 Å². The lowest BCUT2D eigenvalue weighted by molar-refractivity contribution is 0.594. The highest BCUT2D eigenvalue weighted by Gasteiger charge is 2.24. The zero-order valence-electron chi connectivity index (χ0n) is 6.81. The summed E-state index contributed by atoms with van der Waals surface area (Å²) in [5.74, 6) is 3.43. The maximum absolute atomic E-state index is 11.2. The summed E-state index contributed by atoms with van der Waals surface area (Å²) in [5, 5.41) is 8.29. The lowest BCUT2D eigenvalue weighted by Gasteiger charge is -2.25. The lowest BCUT2D eigenvalue weighted by atomic mass is 10.2. The van der Waals surface area contributed by atoms with Gasteiger partial charge in [0.2, 0.25) is 0 Å². The molecule has 0 aromatic heterocycles. The van der Waals surface area contributed by atoms with Gasteiger partial charge in [0.1, 0.15) is 0 Å². The maximum Gasteiger partial charge on any atom is 0.0578 e. The summed E-state index contributed by atoms with van der Waals surface area (Å²) in [6.07, 6.45) is 0. The first kappa shape index (κ1) is 9.94. The van der Waals surface area contributed by atoms with Crippen molar-refractivity contribution in [2.75, 3.05) is 13.6 Å². The van der Waals surface area contributed by atoms with Crippen molar-refractivity contribution in [2.24, 2.45) is 5.14 Å². The second-order valence-electron chi connectivity index (χ2n) is 3.02. The van der Waals surface area contributed by atoms with E-state index in [0.717, 1.165) is 0 Å². The molecule has 0 amide bonds. The van der Waals surface area contributed by atoms with Crippen LogP contribution < -0.4 is 10.5 Å². The van der Waals surface area contributed by atoms with Crippen molar-refractivity contribution >= 4 is 15.6 Å². The fourth-order valence-electron chi connectivity index (χ4n) is 0.548. The summed E-state index contributed by atoms with van der Waals surface area (Å²) >= 11 is 0. The highest BCUT2D eigenvalue weighted by Crippen LogP contribution is 2.10. The standard InChI is InChI=1S/C6H16N2OS/c1-6(2,5-8-3)10(4,7)9/h8H,4-5H2,1-3H3,(H2,7,9). The number of nitrogens with one attached hydrogen (secondary N) is 1. The molecular weight excluding hydrogens is 148 g/mol. The van der Waals surface area contributed by atoms with Gasteiger partial charge in [0, 0.05) is 16.3 Å². The Kier molecular flexibility index (Phi) is 2.88. The largest absolute Gasteiger partial charge is 0.318 e. The summed E-state index contributed by atoms with van der Waals surface area (Å²) in [4.78, 5) is 0. The van der Waals surface area contributed by atoms with Gasteiger partial charge in [0.05, 0.1) is 4.75 Å². The van der Waals surface area contributed by atoms with E-state index in [2.05, 4.69) is 11.2 Å².